The Balaban J connectivity index is 1.92. The molecule has 1 unspecified atom stereocenters. The molecule has 0 amide bonds. The van der Waals surface area contributed by atoms with Crippen LogP contribution in [0.25, 0.3) is 0 Å². The minimum atomic E-state index is -0.190. The SMILES string of the molecule is OCC1(Cc2cc(Cl)cc3c2OCC3)CCCN1. The monoisotopic (exact) mass is 267 g/mol. The van der Waals surface area contributed by atoms with E-state index in [1.807, 2.05) is 12.1 Å². The summed E-state index contributed by atoms with van der Waals surface area (Å²) in [6, 6.07) is 3.96. The Morgan fingerprint density at radius 2 is 2.33 bits per heavy atom. The quantitative estimate of drug-likeness (QED) is 0.879. The first-order valence-electron chi connectivity index (χ1n) is 6.52. The van der Waals surface area contributed by atoms with Gasteiger partial charge in [0.05, 0.1) is 13.2 Å². The standard InChI is InChI=1S/C14H18ClNO2/c15-12-6-10-2-5-18-13(10)11(7-12)8-14(9-17)3-1-4-16-14/h6-7,16-17H,1-5,8-9H2. The van der Waals surface area contributed by atoms with Crippen LogP contribution >= 0.6 is 11.6 Å². The van der Waals surface area contributed by atoms with Crippen molar-refractivity contribution in [2.24, 2.45) is 0 Å². The fourth-order valence-electron chi connectivity index (χ4n) is 3.05. The molecule has 2 heterocycles. The lowest BCUT2D eigenvalue weighted by Crippen LogP contribution is -2.45. The van der Waals surface area contributed by atoms with E-state index in [2.05, 4.69) is 5.32 Å². The number of aliphatic hydroxyl groups is 1. The van der Waals surface area contributed by atoms with E-state index in [1.54, 1.807) is 0 Å². The van der Waals surface area contributed by atoms with Crippen LogP contribution in [0.1, 0.15) is 24.0 Å². The zero-order valence-electron chi connectivity index (χ0n) is 10.3. The summed E-state index contributed by atoms with van der Waals surface area (Å²) in [6.07, 6.45) is 3.84. The normalized spacial score (nSPS) is 26.1. The maximum Gasteiger partial charge on any atom is 0.125 e. The van der Waals surface area contributed by atoms with Gasteiger partial charge < -0.3 is 15.2 Å². The minimum Gasteiger partial charge on any atom is -0.493 e. The summed E-state index contributed by atoms with van der Waals surface area (Å²) in [5.41, 5.74) is 2.13. The number of benzene rings is 1. The third-order valence-corrected chi connectivity index (χ3v) is 4.21. The first-order valence-corrected chi connectivity index (χ1v) is 6.90. The summed E-state index contributed by atoms with van der Waals surface area (Å²) in [7, 11) is 0. The highest BCUT2D eigenvalue weighted by molar-refractivity contribution is 6.30. The maximum absolute atomic E-state index is 9.66. The molecule has 2 aliphatic heterocycles. The number of ether oxygens (including phenoxy) is 1. The van der Waals surface area contributed by atoms with Crippen molar-refractivity contribution in [2.45, 2.75) is 31.2 Å². The Labute approximate surface area is 112 Å². The second-order valence-electron chi connectivity index (χ2n) is 5.30. The fourth-order valence-corrected chi connectivity index (χ4v) is 3.32. The molecule has 18 heavy (non-hydrogen) atoms. The van der Waals surface area contributed by atoms with Crippen LogP contribution in [0.5, 0.6) is 5.75 Å². The van der Waals surface area contributed by atoms with Gasteiger partial charge in [0.25, 0.3) is 0 Å². The van der Waals surface area contributed by atoms with Gasteiger partial charge in [-0.2, -0.15) is 0 Å². The molecule has 1 saturated heterocycles. The highest BCUT2D eigenvalue weighted by Gasteiger charge is 2.34. The van der Waals surface area contributed by atoms with Crippen molar-refractivity contribution in [1.29, 1.82) is 0 Å². The molecule has 0 spiro atoms. The number of fused-ring (bicyclic) bond motifs is 1. The van der Waals surface area contributed by atoms with Gasteiger partial charge in [0.2, 0.25) is 0 Å². The Hall–Kier alpha value is -0.770. The van der Waals surface area contributed by atoms with Crippen molar-refractivity contribution in [1.82, 2.24) is 5.32 Å². The molecular formula is C14H18ClNO2. The molecule has 0 saturated carbocycles. The molecule has 0 bridgehead atoms. The van der Waals surface area contributed by atoms with Crippen molar-refractivity contribution in [3.8, 4) is 5.75 Å². The lowest BCUT2D eigenvalue weighted by Gasteiger charge is -2.28. The van der Waals surface area contributed by atoms with Crippen LogP contribution in [0.3, 0.4) is 0 Å². The van der Waals surface area contributed by atoms with Crippen LogP contribution in [0, 0.1) is 0 Å². The fraction of sp³-hybridized carbons (Fsp3) is 0.571. The van der Waals surface area contributed by atoms with Crippen LogP contribution < -0.4 is 10.1 Å². The van der Waals surface area contributed by atoms with Crippen molar-refractivity contribution in [2.75, 3.05) is 19.8 Å². The molecule has 2 aliphatic rings. The van der Waals surface area contributed by atoms with Gasteiger partial charge in [-0.15, -0.1) is 0 Å². The van der Waals surface area contributed by atoms with Crippen LogP contribution in [0.2, 0.25) is 5.02 Å². The summed E-state index contributed by atoms with van der Waals surface area (Å²) in [5.74, 6) is 0.987. The van der Waals surface area contributed by atoms with Gasteiger partial charge in [0.15, 0.2) is 0 Å². The Bertz CT molecular complexity index is 455. The summed E-state index contributed by atoms with van der Waals surface area (Å²) < 4.78 is 5.72. The van der Waals surface area contributed by atoms with Crippen molar-refractivity contribution in [3.05, 3.63) is 28.3 Å². The predicted octanol–water partition coefficient (Wildman–Crippen LogP) is 1.93. The third-order valence-electron chi connectivity index (χ3n) is 3.99. The van der Waals surface area contributed by atoms with E-state index in [-0.39, 0.29) is 12.1 Å². The Morgan fingerprint density at radius 1 is 1.44 bits per heavy atom. The number of halogens is 1. The van der Waals surface area contributed by atoms with Gasteiger partial charge in [0, 0.05) is 17.0 Å². The van der Waals surface area contributed by atoms with E-state index in [1.165, 1.54) is 5.56 Å². The molecule has 98 valence electrons. The van der Waals surface area contributed by atoms with Crippen LogP contribution in [0.15, 0.2) is 12.1 Å². The van der Waals surface area contributed by atoms with E-state index >= 15 is 0 Å². The topological polar surface area (TPSA) is 41.5 Å². The van der Waals surface area contributed by atoms with E-state index < -0.39 is 0 Å². The molecule has 0 aromatic heterocycles. The zero-order valence-corrected chi connectivity index (χ0v) is 11.1. The number of rotatable bonds is 3. The highest BCUT2D eigenvalue weighted by atomic mass is 35.5. The van der Waals surface area contributed by atoms with E-state index in [4.69, 9.17) is 16.3 Å². The minimum absolute atomic E-state index is 0.161. The van der Waals surface area contributed by atoms with Gasteiger partial charge in [-0.25, -0.2) is 0 Å². The third kappa shape index (κ3) is 2.11. The lowest BCUT2D eigenvalue weighted by molar-refractivity contribution is 0.176. The molecule has 1 aromatic carbocycles. The van der Waals surface area contributed by atoms with E-state index in [0.29, 0.717) is 0 Å². The largest absolute Gasteiger partial charge is 0.493 e. The van der Waals surface area contributed by atoms with Gasteiger partial charge in [-0.1, -0.05) is 11.6 Å². The van der Waals surface area contributed by atoms with Gasteiger partial charge in [-0.05, 0) is 49.1 Å². The van der Waals surface area contributed by atoms with Crippen LogP contribution in [0.4, 0.5) is 0 Å². The molecular weight excluding hydrogens is 250 g/mol. The highest BCUT2D eigenvalue weighted by Crippen LogP contribution is 2.36. The number of nitrogens with one attached hydrogen (secondary N) is 1. The molecule has 2 N–H and O–H groups in total. The second kappa shape index (κ2) is 4.72. The van der Waals surface area contributed by atoms with Crippen molar-refractivity contribution >= 4 is 11.6 Å². The molecule has 0 aliphatic carbocycles. The number of aliphatic hydroxyl groups excluding tert-OH is 1. The summed E-state index contributed by atoms with van der Waals surface area (Å²) in [6.45, 7) is 1.88. The van der Waals surface area contributed by atoms with Crippen molar-refractivity contribution in [3.63, 3.8) is 0 Å². The zero-order chi connectivity index (χ0) is 12.6. The average Bonchev–Trinajstić information content (AvgIpc) is 2.98. The van der Waals surface area contributed by atoms with E-state index in [9.17, 15) is 5.11 Å². The van der Waals surface area contributed by atoms with Crippen molar-refractivity contribution < 1.29 is 9.84 Å². The number of hydrogen-bond donors (Lipinski definition) is 2. The Morgan fingerprint density at radius 3 is 3.06 bits per heavy atom. The first kappa shape index (κ1) is 12.3. The summed E-state index contributed by atoms with van der Waals surface area (Å²) in [4.78, 5) is 0. The van der Waals surface area contributed by atoms with Crippen LogP contribution in [-0.2, 0) is 12.8 Å². The lowest BCUT2D eigenvalue weighted by atomic mass is 9.89. The summed E-state index contributed by atoms with van der Waals surface area (Å²) >= 11 is 6.16. The molecule has 0 radical (unpaired) electrons. The molecule has 1 atom stereocenters. The molecule has 1 fully saturated rings. The number of hydrogen-bond acceptors (Lipinski definition) is 3. The first-order chi connectivity index (χ1) is 8.72. The van der Waals surface area contributed by atoms with Crippen LogP contribution in [-0.4, -0.2) is 30.4 Å². The summed E-state index contributed by atoms with van der Waals surface area (Å²) in [5, 5.41) is 13.9. The smallest absolute Gasteiger partial charge is 0.125 e. The molecule has 4 heteroatoms. The van der Waals surface area contributed by atoms with Gasteiger partial charge in [-0.3, -0.25) is 0 Å². The van der Waals surface area contributed by atoms with E-state index in [0.717, 1.165) is 55.2 Å². The molecule has 3 nitrogen and oxygen atoms in total. The predicted molar refractivity (Wildman–Crippen MR) is 71.4 cm³/mol. The maximum atomic E-state index is 9.66. The second-order valence-corrected chi connectivity index (χ2v) is 5.73. The van der Waals surface area contributed by atoms with Gasteiger partial charge in [0.1, 0.15) is 5.75 Å². The van der Waals surface area contributed by atoms with Gasteiger partial charge >= 0.3 is 0 Å². The Kier molecular flexibility index (Phi) is 3.22. The molecule has 3 rings (SSSR count). The molecule has 1 aromatic rings. The average molecular weight is 268 g/mol.